The summed E-state index contributed by atoms with van der Waals surface area (Å²) < 4.78 is 3.18. The molecule has 3 aliphatic heterocycles. The van der Waals surface area contributed by atoms with Crippen molar-refractivity contribution in [3.05, 3.63) is 94.1 Å². The molecule has 1 atom stereocenters. The average molecular weight is 818 g/mol. The van der Waals surface area contributed by atoms with E-state index in [2.05, 4.69) is 82.5 Å². The molecule has 13 nitrogen and oxygen atoms in total. The Morgan fingerprint density at radius 1 is 0.875 bits per heavy atom. The van der Waals surface area contributed by atoms with Crippen LogP contribution in [0, 0.1) is 0 Å². The molecule has 4 aliphatic rings. The topological polar surface area (TPSA) is 141 Å². The van der Waals surface area contributed by atoms with E-state index in [0.717, 1.165) is 89.4 Å². The molecule has 0 bridgehead atoms. The third-order valence-electron chi connectivity index (χ3n) is 11.9. The first-order valence-corrected chi connectivity index (χ1v) is 20.4. The van der Waals surface area contributed by atoms with Crippen LogP contribution < -0.4 is 20.9 Å². The number of benzene rings is 3. The van der Waals surface area contributed by atoms with Crippen molar-refractivity contribution >= 4 is 73.8 Å². The molecule has 3 amide bonds. The van der Waals surface area contributed by atoms with Crippen LogP contribution in [-0.4, -0.2) is 79.3 Å². The molecule has 1 saturated carbocycles. The molecule has 0 spiro atoms. The van der Waals surface area contributed by atoms with Crippen LogP contribution in [0.1, 0.15) is 78.9 Å². The summed E-state index contributed by atoms with van der Waals surface area (Å²) in [6, 6.07) is 22.7. The number of nitrogens with one attached hydrogen (secondary N) is 3. The molecule has 3 N–H and O–H groups in total. The van der Waals surface area contributed by atoms with Crippen LogP contribution in [0.5, 0.6) is 0 Å². The average Bonchev–Trinajstić information content (AvgIpc) is 3.95. The Bertz CT molecular complexity index is 2280. The SMILES string of the molecule is CN(Cc1ccc2c(c1Br)CN(C1CCC(=O)NC1=O)C2=O)C1CCN(c2ccc(Nc3ncc4nc(Nc5ccccc5)n(C5CCCC5)c4n3)cc2)CC1. The van der Waals surface area contributed by atoms with Gasteiger partial charge < -0.3 is 20.4 Å². The smallest absolute Gasteiger partial charge is 0.255 e. The number of imide groups is 1. The number of nitrogens with zero attached hydrogens (tertiary/aromatic N) is 7. The lowest BCUT2D eigenvalue weighted by Gasteiger charge is -2.38. The number of anilines is 5. The van der Waals surface area contributed by atoms with Crippen molar-refractivity contribution in [1.29, 1.82) is 0 Å². The van der Waals surface area contributed by atoms with Gasteiger partial charge in [0.15, 0.2) is 5.65 Å². The second kappa shape index (κ2) is 15.3. The summed E-state index contributed by atoms with van der Waals surface area (Å²) in [4.78, 5) is 58.4. The van der Waals surface area contributed by atoms with Gasteiger partial charge in [0.2, 0.25) is 23.7 Å². The fraction of sp³-hybridized carbons (Fsp3) is 0.381. The summed E-state index contributed by atoms with van der Waals surface area (Å²) >= 11 is 3.81. The van der Waals surface area contributed by atoms with Crippen molar-refractivity contribution in [1.82, 2.24) is 34.6 Å². The van der Waals surface area contributed by atoms with Crippen LogP contribution >= 0.6 is 15.9 Å². The van der Waals surface area contributed by atoms with E-state index < -0.39 is 11.9 Å². The summed E-state index contributed by atoms with van der Waals surface area (Å²) in [5.41, 5.74) is 7.38. The Hall–Kier alpha value is -5.34. The number of amides is 3. The third kappa shape index (κ3) is 7.11. The molecule has 5 heterocycles. The molecule has 1 aliphatic carbocycles. The number of aromatic nitrogens is 4. The van der Waals surface area contributed by atoms with E-state index in [-0.39, 0.29) is 18.2 Å². The molecule has 5 aromatic rings. The van der Waals surface area contributed by atoms with Crippen LogP contribution in [0.3, 0.4) is 0 Å². The van der Waals surface area contributed by atoms with Gasteiger partial charge >= 0.3 is 0 Å². The molecule has 56 heavy (non-hydrogen) atoms. The highest BCUT2D eigenvalue weighted by Gasteiger charge is 2.40. The molecule has 3 fully saturated rings. The minimum atomic E-state index is -0.623. The third-order valence-corrected chi connectivity index (χ3v) is 12.9. The molecular formula is C42H45BrN10O3. The maximum atomic E-state index is 13.3. The van der Waals surface area contributed by atoms with Crippen molar-refractivity contribution < 1.29 is 14.4 Å². The maximum absolute atomic E-state index is 13.3. The van der Waals surface area contributed by atoms with Crippen molar-refractivity contribution in [2.24, 2.45) is 0 Å². The van der Waals surface area contributed by atoms with E-state index in [4.69, 9.17) is 9.97 Å². The van der Waals surface area contributed by atoms with Crippen LogP contribution in [0.2, 0.25) is 0 Å². The molecule has 9 rings (SSSR count). The largest absolute Gasteiger partial charge is 0.371 e. The number of para-hydroxylation sites is 1. The molecular weight excluding hydrogens is 772 g/mol. The fourth-order valence-electron chi connectivity index (χ4n) is 8.82. The number of rotatable bonds is 10. The highest BCUT2D eigenvalue weighted by molar-refractivity contribution is 9.10. The van der Waals surface area contributed by atoms with Gasteiger partial charge in [0.25, 0.3) is 5.91 Å². The second-order valence-electron chi connectivity index (χ2n) is 15.4. The summed E-state index contributed by atoms with van der Waals surface area (Å²) in [5.74, 6) is 0.518. The zero-order chi connectivity index (χ0) is 38.3. The molecule has 0 radical (unpaired) electrons. The lowest BCUT2D eigenvalue weighted by atomic mass is 10.0. The lowest BCUT2D eigenvalue weighted by molar-refractivity contribution is -0.136. The van der Waals surface area contributed by atoms with Gasteiger partial charge in [0, 0.05) is 71.8 Å². The molecule has 2 aromatic heterocycles. The van der Waals surface area contributed by atoms with Crippen LogP contribution in [0.25, 0.3) is 11.2 Å². The van der Waals surface area contributed by atoms with Crippen molar-refractivity contribution in [3.63, 3.8) is 0 Å². The molecule has 14 heteroatoms. The zero-order valence-corrected chi connectivity index (χ0v) is 33.0. The summed E-state index contributed by atoms with van der Waals surface area (Å²) in [5, 5.41) is 9.32. The number of piperidine rings is 2. The second-order valence-corrected chi connectivity index (χ2v) is 16.2. The monoisotopic (exact) mass is 816 g/mol. The number of carbonyl (C=O) groups excluding carboxylic acids is 3. The summed E-state index contributed by atoms with van der Waals surface area (Å²) in [7, 11) is 2.17. The van der Waals surface area contributed by atoms with Gasteiger partial charge in [0.1, 0.15) is 11.6 Å². The van der Waals surface area contributed by atoms with E-state index in [9.17, 15) is 14.4 Å². The Kier molecular flexibility index (Phi) is 9.92. The highest BCUT2D eigenvalue weighted by Crippen LogP contribution is 2.37. The highest BCUT2D eigenvalue weighted by atomic mass is 79.9. The van der Waals surface area contributed by atoms with E-state index in [1.165, 1.54) is 18.5 Å². The predicted molar refractivity (Wildman–Crippen MR) is 219 cm³/mol. The predicted octanol–water partition coefficient (Wildman–Crippen LogP) is 7.05. The number of carbonyl (C=O) groups is 3. The van der Waals surface area contributed by atoms with Gasteiger partial charge in [0.05, 0.1) is 6.20 Å². The van der Waals surface area contributed by atoms with Crippen molar-refractivity contribution in [2.45, 2.75) is 82.6 Å². The Morgan fingerprint density at radius 3 is 2.38 bits per heavy atom. The Labute approximate surface area is 334 Å². The summed E-state index contributed by atoms with van der Waals surface area (Å²) in [6.45, 7) is 3.00. The minimum Gasteiger partial charge on any atom is -0.371 e. The van der Waals surface area contributed by atoms with Gasteiger partial charge in [-0.2, -0.15) is 4.98 Å². The quantitative estimate of drug-likeness (QED) is 0.126. The van der Waals surface area contributed by atoms with E-state index in [1.54, 1.807) is 4.90 Å². The Balaban J connectivity index is 0.815. The first-order valence-electron chi connectivity index (χ1n) is 19.6. The number of hydrogen-bond acceptors (Lipinski definition) is 10. The maximum Gasteiger partial charge on any atom is 0.255 e. The van der Waals surface area contributed by atoms with Gasteiger partial charge in [-0.05, 0) is 92.7 Å². The molecule has 2 saturated heterocycles. The van der Waals surface area contributed by atoms with Gasteiger partial charge in [-0.15, -0.1) is 0 Å². The minimum absolute atomic E-state index is 0.158. The first kappa shape index (κ1) is 36.3. The summed E-state index contributed by atoms with van der Waals surface area (Å²) in [6.07, 6.45) is 9.11. The number of imidazole rings is 1. The lowest BCUT2D eigenvalue weighted by Crippen LogP contribution is -2.52. The number of fused-ring (bicyclic) bond motifs is 2. The normalized spacial score (nSPS) is 19.3. The number of halogens is 1. The van der Waals surface area contributed by atoms with E-state index in [1.807, 2.05) is 48.7 Å². The fourth-order valence-corrected chi connectivity index (χ4v) is 9.42. The molecule has 1 unspecified atom stereocenters. The van der Waals surface area contributed by atoms with Gasteiger partial charge in [-0.1, -0.05) is 53.0 Å². The zero-order valence-electron chi connectivity index (χ0n) is 31.4. The van der Waals surface area contributed by atoms with Crippen molar-refractivity contribution in [3.8, 4) is 0 Å². The number of hydrogen-bond donors (Lipinski definition) is 3. The van der Waals surface area contributed by atoms with E-state index >= 15 is 0 Å². The molecule has 3 aromatic carbocycles. The van der Waals surface area contributed by atoms with Crippen LogP contribution in [0.4, 0.5) is 29.0 Å². The standard InChI is InChI=1S/C42H45BrN10O3/c1-50(24-26-11-16-32-33(37(26)43)25-52(40(32)56)35-17-18-36(54)48-39(35)55)29-19-21-51(22-20-29)30-14-12-28(13-15-30)45-41-44-23-34-38(49-41)53(31-9-5-6-10-31)42(47-34)46-27-7-3-2-4-8-27/h2-4,7-8,11-16,23,29,31,35H,5-6,9-10,17-22,24-25H2,1H3,(H,46,47)(H,44,45,49)(H,48,54,55). The van der Waals surface area contributed by atoms with E-state index in [0.29, 0.717) is 36.6 Å². The van der Waals surface area contributed by atoms with Crippen LogP contribution in [0.15, 0.2) is 77.4 Å². The van der Waals surface area contributed by atoms with Crippen LogP contribution in [-0.2, 0) is 22.7 Å². The van der Waals surface area contributed by atoms with Gasteiger partial charge in [-0.3, -0.25) is 29.2 Å². The Morgan fingerprint density at radius 2 is 1.62 bits per heavy atom. The molecule has 288 valence electrons. The first-order chi connectivity index (χ1) is 27.3. The van der Waals surface area contributed by atoms with Crippen molar-refractivity contribution in [2.75, 3.05) is 35.7 Å². The van der Waals surface area contributed by atoms with Gasteiger partial charge in [-0.25, -0.2) is 9.97 Å².